The second-order valence-corrected chi connectivity index (χ2v) is 3.45. The van der Waals surface area contributed by atoms with Crippen molar-refractivity contribution in [2.45, 2.75) is 27.7 Å². The first-order chi connectivity index (χ1) is 6.02. The Labute approximate surface area is 78.2 Å². The van der Waals surface area contributed by atoms with Crippen molar-refractivity contribution in [3.8, 4) is 0 Å². The summed E-state index contributed by atoms with van der Waals surface area (Å²) in [5.74, 6) is 0.0343. The molecule has 1 heterocycles. The lowest BCUT2D eigenvalue weighted by molar-refractivity contribution is 0.0933. The maximum atomic E-state index is 11.5. The van der Waals surface area contributed by atoms with Crippen molar-refractivity contribution >= 4 is 5.78 Å². The Hall–Kier alpha value is -1.25. The van der Waals surface area contributed by atoms with Crippen LogP contribution in [0.4, 0.5) is 0 Å². The molecule has 0 aliphatic carbocycles. The number of aryl methyl sites for hydroxylation is 2. The summed E-state index contributed by atoms with van der Waals surface area (Å²) in [6.45, 7) is 7.46. The van der Waals surface area contributed by atoms with E-state index in [1.165, 1.54) is 0 Å². The average Bonchev–Trinajstić information content (AvgIpc) is 2.08. The predicted octanol–water partition coefficient (Wildman–Crippen LogP) is 1.93. The van der Waals surface area contributed by atoms with Gasteiger partial charge in [0.1, 0.15) is 5.69 Å². The summed E-state index contributed by atoms with van der Waals surface area (Å²) in [6, 6.07) is 0. The highest BCUT2D eigenvalue weighted by atomic mass is 16.1. The minimum Gasteiger partial charge on any atom is -0.292 e. The number of hydrogen-bond donors (Lipinski definition) is 0. The lowest BCUT2D eigenvalue weighted by Crippen LogP contribution is -2.11. The first kappa shape index (κ1) is 9.84. The third kappa shape index (κ3) is 2.11. The van der Waals surface area contributed by atoms with Gasteiger partial charge in [-0.25, -0.2) is 4.98 Å². The van der Waals surface area contributed by atoms with Gasteiger partial charge in [0.15, 0.2) is 5.78 Å². The van der Waals surface area contributed by atoms with E-state index in [2.05, 4.69) is 9.97 Å². The molecule has 0 aliphatic heterocycles. The van der Waals surface area contributed by atoms with Gasteiger partial charge < -0.3 is 0 Å². The van der Waals surface area contributed by atoms with E-state index in [0.717, 1.165) is 11.4 Å². The number of nitrogens with zero attached hydrogens (tertiary/aromatic N) is 2. The molecule has 0 bridgehead atoms. The van der Waals surface area contributed by atoms with Crippen LogP contribution in [-0.2, 0) is 0 Å². The topological polar surface area (TPSA) is 42.9 Å². The standard InChI is InChI=1S/C10H14N2O/c1-6(2)10(13)9-5-11-7(3)8(4)12-9/h5-6H,1-4H3. The highest BCUT2D eigenvalue weighted by molar-refractivity contribution is 5.95. The highest BCUT2D eigenvalue weighted by Gasteiger charge is 2.12. The maximum Gasteiger partial charge on any atom is 0.185 e. The van der Waals surface area contributed by atoms with Gasteiger partial charge in [-0.05, 0) is 13.8 Å². The molecule has 0 aliphatic rings. The van der Waals surface area contributed by atoms with Crippen molar-refractivity contribution in [3.63, 3.8) is 0 Å². The normalized spacial score (nSPS) is 10.5. The largest absolute Gasteiger partial charge is 0.292 e. The minimum absolute atomic E-state index is 0.0172. The van der Waals surface area contributed by atoms with Crippen LogP contribution in [0.25, 0.3) is 0 Å². The zero-order chi connectivity index (χ0) is 10.0. The lowest BCUT2D eigenvalue weighted by atomic mass is 10.1. The van der Waals surface area contributed by atoms with Crippen molar-refractivity contribution in [2.24, 2.45) is 5.92 Å². The monoisotopic (exact) mass is 178 g/mol. The van der Waals surface area contributed by atoms with Gasteiger partial charge in [-0.3, -0.25) is 9.78 Å². The number of carbonyl (C=O) groups is 1. The molecule has 70 valence electrons. The Morgan fingerprint density at radius 1 is 1.31 bits per heavy atom. The van der Waals surface area contributed by atoms with Crippen LogP contribution in [0.3, 0.4) is 0 Å². The van der Waals surface area contributed by atoms with Gasteiger partial charge >= 0.3 is 0 Å². The van der Waals surface area contributed by atoms with E-state index in [9.17, 15) is 4.79 Å². The quantitative estimate of drug-likeness (QED) is 0.650. The second-order valence-electron chi connectivity index (χ2n) is 3.45. The summed E-state index contributed by atoms with van der Waals surface area (Å²) in [7, 11) is 0. The number of hydrogen-bond acceptors (Lipinski definition) is 3. The molecule has 0 radical (unpaired) electrons. The third-order valence-electron chi connectivity index (χ3n) is 1.97. The summed E-state index contributed by atoms with van der Waals surface area (Å²) in [5.41, 5.74) is 2.17. The Morgan fingerprint density at radius 3 is 2.38 bits per heavy atom. The lowest BCUT2D eigenvalue weighted by Gasteiger charge is -2.04. The molecule has 1 aromatic heterocycles. The molecule has 3 heteroatoms. The van der Waals surface area contributed by atoms with Crippen LogP contribution >= 0.6 is 0 Å². The fourth-order valence-electron chi connectivity index (χ4n) is 0.956. The van der Waals surface area contributed by atoms with Crippen LogP contribution < -0.4 is 0 Å². The van der Waals surface area contributed by atoms with E-state index in [4.69, 9.17) is 0 Å². The molecule has 0 unspecified atom stereocenters. The molecule has 0 N–H and O–H groups in total. The molecule has 0 saturated carbocycles. The Morgan fingerprint density at radius 2 is 1.92 bits per heavy atom. The Balaban J connectivity index is 3.04. The van der Waals surface area contributed by atoms with E-state index < -0.39 is 0 Å². The Kier molecular flexibility index (Phi) is 2.76. The van der Waals surface area contributed by atoms with Gasteiger partial charge in [-0.1, -0.05) is 13.8 Å². The van der Waals surface area contributed by atoms with Gasteiger partial charge in [0, 0.05) is 5.92 Å². The number of rotatable bonds is 2. The van der Waals surface area contributed by atoms with E-state index in [1.807, 2.05) is 27.7 Å². The van der Waals surface area contributed by atoms with E-state index in [0.29, 0.717) is 5.69 Å². The fraction of sp³-hybridized carbons (Fsp3) is 0.500. The molecule has 1 rings (SSSR count). The van der Waals surface area contributed by atoms with Crippen molar-refractivity contribution in [2.75, 3.05) is 0 Å². The van der Waals surface area contributed by atoms with E-state index >= 15 is 0 Å². The van der Waals surface area contributed by atoms with Crippen LogP contribution in [0.2, 0.25) is 0 Å². The maximum absolute atomic E-state index is 11.5. The number of aromatic nitrogens is 2. The van der Waals surface area contributed by atoms with E-state index in [1.54, 1.807) is 6.20 Å². The number of ketones is 1. The van der Waals surface area contributed by atoms with Gasteiger partial charge in [-0.2, -0.15) is 0 Å². The molecule has 0 spiro atoms. The minimum atomic E-state index is -0.0172. The number of Topliss-reactive ketones (excluding diaryl/α,β-unsaturated/α-hetero) is 1. The van der Waals surface area contributed by atoms with Crippen molar-refractivity contribution < 1.29 is 4.79 Å². The highest BCUT2D eigenvalue weighted by Crippen LogP contribution is 2.06. The summed E-state index contributed by atoms with van der Waals surface area (Å²) in [6.07, 6.45) is 1.55. The van der Waals surface area contributed by atoms with Gasteiger partial charge in [0.05, 0.1) is 17.6 Å². The average molecular weight is 178 g/mol. The van der Waals surface area contributed by atoms with Crippen LogP contribution in [0.15, 0.2) is 6.20 Å². The van der Waals surface area contributed by atoms with Crippen LogP contribution in [-0.4, -0.2) is 15.8 Å². The van der Waals surface area contributed by atoms with Gasteiger partial charge in [0.2, 0.25) is 0 Å². The van der Waals surface area contributed by atoms with Gasteiger partial charge in [-0.15, -0.1) is 0 Å². The molecular weight excluding hydrogens is 164 g/mol. The Bertz CT molecular complexity index is 332. The number of carbonyl (C=O) groups excluding carboxylic acids is 1. The van der Waals surface area contributed by atoms with Crippen molar-refractivity contribution in [1.82, 2.24) is 9.97 Å². The summed E-state index contributed by atoms with van der Waals surface area (Å²) >= 11 is 0. The first-order valence-corrected chi connectivity index (χ1v) is 4.37. The molecule has 0 fully saturated rings. The molecular formula is C10H14N2O. The van der Waals surface area contributed by atoms with Crippen molar-refractivity contribution in [3.05, 3.63) is 23.3 Å². The predicted molar refractivity (Wildman–Crippen MR) is 50.7 cm³/mol. The third-order valence-corrected chi connectivity index (χ3v) is 1.97. The second kappa shape index (κ2) is 3.64. The smallest absolute Gasteiger partial charge is 0.185 e. The van der Waals surface area contributed by atoms with Crippen LogP contribution in [0.1, 0.15) is 35.7 Å². The van der Waals surface area contributed by atoms with Crippen LogP contribution in [0.5, 0.6) is 0 Å². The zero-order valence-corrected chi connectivity index (χ0v) is 8.46. The molecule has 0 aromatic carbocycles. The van der Waals surface area contributed by atoms with Gasteiger partial charge in [0.25, 0.3) is 0 Å². The summed E-state index contributed by atoms with van der Waals surface area (Å²) in [4.78, 5) is 19.8. The molecule has 0 saturated heterocycles. The molecule has 0 amide bonds. The molecule has 1 aromatic rings. The fourth-order valence-corrected chi connectivity index (χ4v) is 0.956. The van der Waals surface area contributed by atoms with E-state index in [-0.39, 0.29) is 11.7 Å². The zero-order valence-electron chi connectivity index (χ0n) is 8.46. The molecule has 3 nitrogen and oxygen atoms in total. The van der Waals surface area contributed by atoms with Crippen LogP contribution in [0, 0.1) is 19.8 Å². The molecule has 0 atom stereocenters. The molecule has 13 heavy (non-hydrogen) atoms. The summed E-state index contributed by atoms with van der Waals surface area (Å²) < 4.78 is 0. The van der Waals surface area contributed by atoms with Crippen molar-refractivity contribution in [1.29, 1.82) is 0 Å². The summed E-state index contributed by atoms with van der Waals surface area (Å²) in [5, 5.41) is 0. The SMILES string of the molecule is Cc1ncc(C(=O)C(C)C)nc1C. The first-order valence-electron chi connectivity index (χ1n) is 4.37.